The van der Waals surface area contributed by atoms with Crippen LogP contribution in [0.5, 0.6) is 0 Å². The number of halogens is 1. The first kappa shape index (κ1) is 24.4. The van der Waals surface area contributed by atoms with Gasteiger partial charge in [0.15, 0.2) is 5.96 Å². The normalized spacial score (nSPS) is 22.1. The minimum atomic E-state index is -0.222. The molecule has 2 heterocycles. The standard InChI is InChI=1S/C19H36N4O3.HI/c1-19(2,3)22-17(24)13-21-18(20-4)23-10-8-15(9-11-23)26-14-16-7-5-6-12-25-16;/h15-16H,5-14H2,1-4H3,(H,20,21)(H,22,24);1H. The molecule has 0 saturated carbocycles. The number of carbonyl (C=O) groups is 1. The summed E-state index contributed by atoms with van der Waals surface area (Å²) in [5, 5.41) is 6.11. The fourth-order valence-electron chi connectivity index (χ4n) is 3.37. The van der Waals surface area contributed by atoms with Crippen LogP contribution in [0.25, 0.3) is 0 Å². The van der Waals surface area contributed by atoms with Gasteiger partial charge in [0, 0.05) is 32.3 Å². The number of aliphatic imine (C=N–C) groups is 1. The highest BCUT2D eigenvalue weighted by atomic mass is 127. The zero-order valence-electron chi connectivity index (χ0n) is 17.3. The Morgan fingerprint density at radius 2 is 1.93 bits per heavy atom. The van der Waals surface area contributed by atoms with Gasteiger partial charge < -0.3 is 25.0 Å². The molecule has 0 bridgehead atoms. The Bertz CT molecular complexity index is 468. The molecule has 2 fully saturated rings. The number of hydrogen-bond donors (Lipinski definition) is 2. The number of nitrogens with zero attached hydrogens (tertiary/aromatic N) is 2. The highest BCUT2D eigenvalue weighted by Gasteiger charge is 2.24. The van der Waals surface area contributed by atoms with Crippen LogP contribution < -0.4 is 10.6 Å². The number of guanidine groups is 1. The number of ether oxygens (including phenoxy) is 2. The highest BCUT2D eigenvalue weighted by molar-refractivity contribution is 14.0. The van der Waals surface area contributed by atoms with E-state index in [0.717, 1.165) is 44.9 Å². The van der Waals surface area contributed by atoms with E-state index in [4.69, 9.17) is 9.47 Å². The van der Waals surface area contributed by atoms with Crippen molar-refractivity contribution in [1.29, 1.82) is 0 Å². The van der Waals surface area contributed by atoms with Crippen LogP contribution in [0, 0.1) is 0 Å². The first-order chi connectivity index (χ1) is 12.4. The molecule has 2 aliphatic heterocycles. The molecule has 0 aromatic heterocycles. The fourth-order valence-corrected chi connectivity index (χ4v) is 3.37. The lowest BCUT2D eigenvalue weighted by Gasteiger charge is -2.35. The molecule has 0 aromatic rings. The average molecular weight is 496 g/mol. The maximum absolute atomic E-state index is 12.0. The van der Waals surface area contributed by atoms with Gasteiger partial charge in [0.05, 0.1) is 25.4 Å². The molecular weight excluding hydrogens is 459 g/mol. The Kier molecular flexibility index (Phi) is 10.9. The topological polar surface area (TPSA) is 75.2 Å². The third-order valence-corrected chi connectivity index (χ3v) is 4.67. The van der Waals surface area contributed by atoms with Gasteiger partial charge in [-0.2, -0.15) is 0 Å². The van der Waals surface area contributed by atoms with Crippen molar-refractivity contribution < 1.29 is 14.3 Å². The van der Waals surface area contributed by atoms with Crippen LogP contribution in [0.2, 0.25) is 0 Å². The van der Waals surface area contributed by atoms with Crippen LogP contribution in [0.15, 0.2) is 4.99 Å². The summed E-state index contributed by atoms with van der Waals surface area (Å²) >= 11 is 0. The zero-order chi connectivity index (χ0) is 19.0. The predicted octanol–water partition coefficient (Wildman–Crippen LogP) is 2.14. The smallest absolute Gasteiger partial charge is 0.239 e. The van der Waals surface area contributed by atoms with Crippen LogP contribution >= 0.6 is 24.0 Å². The van der Waals surface area contributed by atoms with Gasteiger partial charge in [-0.3, -0.25) is 9.79 Å². The fraction of sp³-hybridized carbons (Fsp3) is 0.895. The van der Waals surface area contributed by atoms with E-state index in [0.29, 0.717) is 12.7 Å². The molecule has 0 spiro atoms. The van der Waals surface area contributed by atoms with E-state index in [-0.39, 0.29) is 48.1 Å². The van der Waals surface area contributed by atoms with E-state index in [1.54, 1.807) is 7.05 Å². The predicted molar refractivity (Wildman–Crippen MR) is 119 cm³/mol. The van der Waals surface area contributed by atoms with Crippen LogP contribution in [0.4, 0.5) is 0 Å². The summed E-state index contributed by atoms with van der Waals surface area (Å²) in [6.07, 6.45) is 6.05. The monoisotopic (exact) mass is 496 g/mol. The minimum Gasteiger partial charge on any atom is -0.376 e. The van der Waals surface area contributed by atoms with E-state index in [1.807, 2.05) is 20.8 Å². The van der Waals surface area contributed by atoms with Crippen molar-refractivity contribution in [2.75, 3.05) is 39.9 Å². The van der Waals surface area contributed by atoms with Crippen LogP contribution in [-0.4, -0.2) is 74.4 Å². The third-order valence-electron chi connectivity index (χ3n) is 4.67. The summed E-state index contributed by atoms with van der Waals surface area (Å²) < 4.78 is 11.8. The summed E-state index contributed by atoms with van der Waals surface area (Å²) in [7, 11) is 1.76. The van der Waals surface area contributed by atoms with E-state index in [9.17, 15) is 4.79 Å². The second-order valence-corrected chi connectivity index (χ2v) is 8.21. The van der Waals surface area contributed by atoms with Crippen molar-refractivity contribution in [3.63, 3.8) is 0 Å². The average Bonchev–Trinajstić information content (AvgIpc) is 2.61. The Hall–Kier alpha value is -0.610. The molecule has 7 nitrogen and oxygen atoms in total. The Morgan fingerprint density at radius 3 is 2.48 bits per heavy atom. The van der Waals surface area contributed by atoms with Crippen molar-refractivity contribution in [1.82, 2.24) is 15.5 Å². The molecular formula is C19H37IN4O3. The van der Waals surface area contributed by atoms with Crippen molar-refractivity contribution in [3.05, 3.63) is 0 Å². The summed E-state index contributed by atoms with van der Waals surface area (Å²) in [5.74, 6) is 0.757. The summed E-state index contributed by atoms with van der Waals surface area (Å²) in [6, 6.07) is 0. The maximum atomic E-state index is 12.0. The largest absolute Gasteiger partial charge is 0.376 e. The van der Waals surface area contributed by atoms with Crippen molar-refractivity contribution in [3.8, 4) is 0 Å². The molecule has 0 aromatic carbocycles. The molecule has 1 amide bonds. The molecule has 1 unspecified atom stereocenters. The van der Waals surface area contributed by atoms with Gasteiger partial charge in [-0.25, -0.2) is 0 Å². The number of rotatable bonds is 5. The Morgan fingerprint density at radius 1 is 1.22 bits per heavy atom. The second kappa shape index (κ2) is 12.1. The second-order valence-electron chi connectivity index (χ2n) is 8.21. The van der Waals surface area contributed by atoms with Gasteiger partial charge in [0.25, 0.3) is 0 Å². The van der Waals surface area contributed by atoms with E-state index < -0.39 is 0 Å². The first-order valence-electron chi connectivity index (χ1n) is 9.87. The summed E-state index contributed by atoms with van der Waals surface area (Å²) in [5.41, 5.74) is -0.222. The quantitative estimate of drug-likeness (QED) is 0.347. The molecule has 27 heavy (non-hydrogen) atoms. The van der Waals surface area contributed by atoms with Crippen molar-refractivity contribution in [2.45, 2.75) is 70.6 Å². The van der Waals surface area contributed by atoms with Crippen molar-refractivity contribution >= 4 is 35.8 Å². The van der Waals surface area contributed by atoms with E-state index in [2.05, 4.69) is 20.5 Å². The lowest BCUT2D eigenvalue weighted by Crippen LogP contribution is -2.51. The molecule has 1 atom stereocenters. The molecule has 2 saturated heterocycles. The third kappa shape index (κ3) is 9.43. The van der Waals surface area contributed by atoms with Gasteiger partial charge in [-0.15, -0.1) is 24.0 Å². The molecule has 2 N–H and O–H groups in total. The number of hydrogen-bond acceptors (Lipinski definition) is 4. The number of likely N-dealkylation sites (tertiary alicyclic amines) is 1. The van der Waals surface area contributed by atoms with Gasteiger partial charge >= 0.3 is 0 Å². The van der Waals surface area contributed by atoms with Gasteiger partial charge in [-0.1, -0.05) is 0 Å². The highest BCUT2D eigenvalue weighted by Crippen LogP contribution is 2.17. The molecule has 0 aliphatic carbocycles. The number of piperidine rings is 1. The SMILES string of the molecule is CN=C(NCC(=O)NC(C)(C)C)N1CCC(OCC2CCCCO2)CC1.I. The van der Waals surface area contributed by atoms with E-state index >= 15 is 0 Å². The number of amides is 1. The lowest BCUT2D eigenvalue weighted by atomic mass is 10.1. The molecule has 8 heteroatoms. The Labute approximate surface area is 181 Å². The number of nitrogens with one attached hydrogen (secondary N) is 2. The van der Waals surface area contributed by atoms with Crippen LogP contribution in [0.1, 0.15) is 52.9 Å². The molecule has 2 rings (SSSR count). The van der Waals surface area contributed by atoms with Crippen LogP contribution in [0.3, 0.4) is 0 Å². The number of carbonyl (C=O) groups excluding carboxylic acids is 1. The summed E-state index contributed by atoms with van der Waals surface area (Å²) in [6.45, 7) is 9.52. The van der Waals surface area contributed by atoms with Gasteiger partial charge in [0.1, 0.15) is 0 Å². The lowest BCUT2D eigenvalue weighted by molar-refractivity contribution is -0.121. The van der Waals surface area contributed by atoms with E-state index in [1.165, 1.54) is 12.8 Å². The Balaban J connectivity index is 0.00000364. The molecule has 158 valence electrons. The maximum Gasteiger partial charge on any atom is 0.239 e. The molecule has 2 aliphatic rings. The molecule has 0 radical (unpaired) electrons. The van der Waals surface area contributed by atoms with Crippen LogP contribution in [-0.2, 0) is 14.3 Å². The van der Waals surface area contributed by atoms with Gasteiger partial charge in [0.2, 0.25) is 5.91 Å². The van der Waals surface area contributed by atoms with Crippen molar-refractivity contribution in [2.24, 2.45) is 4.99 Å². The van der Waals surface area contributed by atoms with Gasteiger partial charge in [-0.05, 0) is 52.9 Å². The minimum absolute atomic E-state index is 0. The zero-order valence-corrected chi connectivity index (χ0v) is 19.6. The summed E-state index contributed by atoms with van der Waals surface area (Å²) in [4.78, 5) is 18.5. The first-order valence-corrected chi connectivity index (χ1v) is 9.87.